The lowest BCUT2D eigenvalue weighted by Crippen LogP contribution is -2.40. The van der Waals surface area contributed by atoms with Gasteiger partial charge in [0.1, 0.15) is 5.75 Å². The monoisotopic (exact) mass is 335 g/mol. The molecular weight excluding hydrogens is 314 g/mol. The Bertz CT molecular complexity index is 772. The molecule has 0 unspecified atom stereocenters. The predicted octanol–water partition coefficient (Wildman–Crippen LogP) is 4.13. The summed E-state index contributed by atoms with van der Waals surface area (Å²) in [6.45, 7) is 1.24. The molecule has 3 rings (SSSR count). The van der Waals surface area contributed by atoms with E-state index in [1.807, 2.05) is 48.5 Å². The Hall–Kier alpha value is -3.00. The smallest absolute Gasteiger partial charge is 0.321 e. The van der Waals surface area contributed by atoms with Crippen LogP contribution in [0.2, 0.25) is 0 Å². The van der Waals surface area contributed by atoms with E-state index >= 15 is 0 Å². The maximum Gasteiger partial charge on any atom is 0.321 e. The highest BCUT2D eigenvalue weighted by molar-refractivity contribution is 5.94. The van der Waals surface area contributed by atoms with E-state index in [0.717, 1.165) is 35.4 Å². The minimum Gasteiger partial charge on any atom is -0.497 e. The highest BCUT2D eigenvalue weighted by Crippen LogP contribution is 2.29. The summed E-state index contributed by atoms with van der Waals surface area (Å²) >= 11 is 0. The standard InChI is InChI=1S/C20H21N3O2/c1-25-17-8-6-16(7-9-17)18-4-2-3-5-19(18)22-20(24)23-12-10-15(14-21)11-13-23/h2-9,15H,10-13H2,1H3,(H,22,24). The quantitative estimate of drug-likeness (QED) is 0.917. The molecular formula is C20H21N3O2. The Balaban J connectivity index is 1.75. The fourth-order valence-electron chi connectivity index (χ4n) is 3.02. The number of nitriles is 1. The van der Waals surface area contributed by atoms with Gasteiger partial charge in [0.15, 0.2) is 0 Å². The van der Waals surface area contributed by atoms with Crippen molar-refractivity contribution < 1.29 is 9.53 Å². The van der Waals surface area contributed by atoms with E-state index in [1.54, 1.807) is 12.0 Å². The number of anilines is 1. The number of nitrogens with one attached hydrogen (secondary N) is 1. The van der Waals surface area contributed by atoms with Crippen LogP contribution < -0.4 is 10.1 Å². The molecule has 0 aliphatic carbocycles. The molecule has 1 N–H and O–H groups in total. The van der Waals surface area contributed by atoms with Gasteiger partial charge in [-0.1, -0.05) is 30.3 Å². The van der Waals surface area contributed by atoms with Crippen LogP contribution in [-0.4, -0.2) is 31.1 Å². The summed E-state index contributed by atoms with van der Waals surface area (Å²) in [7, 11) is 1.64. The number of carbonyl (C=O) groups is 1. The molecule has 2 amide bonds. The fourth-order valence-corrected chi connectivity index (χ4v) is 3.02. The first-order valence-corrected chi connectivity index (χ1v) is 8.40. The maximum atomic E-state index is 12.6. The number of amides is 2. The third-order valence-electron chi connectivity index (χ3n) is 4.53. The number of nitrogens with zero attached hydrogens (tertiary/aromatic N) is 2. The number of methoxy groups -OCH3 is 1. The Morgan fingerprint density at radius 1 is 1.16 bits per heavy atom. The summed E-state index contributed by atoms with van der Waals surface area (Å²) in [6.07, 6.45) is 1.48. The molecule has 2 aromatic rings. The first-order valence-electron chi connectivity index (χ1n) is 8.40. The minimum absolute atomic E-state index is 0.0654. The first-order chi connectivity index (χ1) is 12.2. The van der Waals surface area contributed by atoms with E-state index in [0.29, 0.717) is 13.1 Å². The van der Waals surface area contributed by atoms with Crippen LogP contribution in [0.1, 0.15) is 12.8 Å². The molecule has 5 heteroatoms. The van der Waals surface area contributed by atoms with Gasteiger partial charge in [0, 0.05) is 24.6 Å². The minimum atomic E-state index is -0.114. The third-order valence-corrected chi connectivity index (χ3v) is 4.53. The number of ether oxygens (including phenoxy) is 1. The Kier molecular flexibility index (Phi) is 5.20. The molecule has 0 aromatic heterocycles. The van der Waals surface area contributed by atoms with Gasteiger partial charge in [-0.25, -0.2) is 4.79 Å². The van der Waals surface area contributed by atoms with Gasteiger partial charge in [0.05, 0.1) is 18.9 Å². The predicted molar refractivity (Wildman–Crippen MR) is 97.4 cm³/mol. The molecule has 1 heterocycles. The van der Waals surface area contributed by atoms with Crippen molar-refractivity contribution in [3.8, 4) is 22.9 Å². The summed E-state index contributed by atoms with van der Waals surface area (Å²) in [5, 5.41) is 12.0. The summed E-state index contributed by atoms with van der Waals surface area (Å²) in [6, 6.07) is 17.7. The molecule has 0 spiro atoms. The molecule has 2 aromatic carbocycles. The normalized spacial score (nSPS) is 14.6. The molecule has 128 valence electrons. The first kappa shape index (κ1) is 16.8. The average molecular weight is 335 g/mol. The van der Waals surface area contributed by atoms with Gasteiger partial charge in [-0.05, 0) is 36.6 Å². The molecule has 1 aliphatic heterocycles. The number of likely N-dealkylation sites (tertiary alicyclic amines) is 1. The maximum absolute atomic E-state index is 12.6. The van der Waals surface area contributed by atoms with Crippen LogP contribution in [-0.2, 0) is 0 Å². The molecule has 1 aliphatic rings. The van der Waals surface area contributed by atoms with Crippen molar-refractivity contribution in [2.75, 3.05) is 25.5 Å². The van der Waals surface area contributed by atoms with Gasteiger partial charge in [0.25, 0.3) is 0 Å². The van der Waals surface area contributed by atoms with Crippen LogP contribution >= 0.6 is 0 Å². The topological polar surface area (TPSA) is 65.4 Å². The summed E-state index contributed by atoms with van der Waals surface area (Å²) in [4.78, 5) is 14.3. The number of piperidine rings is 1. The van der Waals surface area contributed by atoms with Crippen LogP contribution in [0, 0.1) is 17.2 Å². The van der Waals surface area contributed by atoms with Crippen molar-refractivity contribution in [1.82, 2.24) is 4.90 Å². The van der Waals surface area contributed by atoms with Gasteiger partial charge >= 0.3 is 6.03 Å². The molecule has 5 nitrogen and oxygen atoms in total. The van der Waals surface area contributed by atoms with Gasteiger partial charge in [-0.3, -0.25) is 0 Å². The Morgan fingerprint density at radius 2 is 1.84 bits per heavy atom. The molecule has 25 heavy (non-hydrogen) atoms. The molecule has 0 atom stereocenters. The highest BCUT2D eigenvalue weighted by Gasteiger charge is 2.23. The van der Waals surface area contributed by atoms with Crippen molar-refractivity contribution >= 4 is 11.7 Å². The zero-order chi connectivity index (χ0) is 17.6. The lowest BCUT2D eigenvalue weighted by molar-refractivity contribution is 0.192. The second-order valence-electron chi connectivity index (χ2n) is 6.09. The number of carbonyl (C=O) groups excluding carboxylic acids is 1. The van der Waals surface area contributed by atoms with Crippen LogP contribution in [0.3, 0.4) is 0 Å². The lowest BCUT2D eigenvalue weighted by Gasteiger charge is -2.29. The second kappa shape index (κ2) is 7.71. The SMILES string of the molecule is COc1ccc(-c2ccccc2NC(=O)N2CCC(C#N)CC2)cc1. The van der Waals surface area contributed by atoms with Gasteiger partial charge in [-0.2, -0.15) is 5.26 Å². The third kappa shape index (κ3) is 3.92. The Morgan fingerprint density at radius 3 is 2.48 bits per heavy atom. The van der Waals surface area contributed by atoms with E-state index in [4.69, 9.17) is 10.00 Å². The van der Waals surface area contributed by atoms with Crippen LogP contribution in [0.5, 0.6) is 5.75 Å². The fraction of sp³-hybridized carbons (Fsp3) is 0.300. The van der Waals surface area contributed by atoms with Crippen molar-refractivity contribution in [1.29, 1.82) is 5.26 Å². The molecule has 0 saturated carbocycles. The van der Waals surface area contributed by atoms with Gasteiger partial charge in [-0.15, -0.1) is 0 Å². The summed E-state index contributed by atoms with van der Waals surface area (Å²) in [5.74, 6) is 0.862. The zero-order valence-corrected chi connectivity index (χ0v) is 14.2. The number of urea groups is 1. The lowest BCUT2D eigenvalue weighted by atomic mass is 9.99. The zero-order valence-electron chi connectivity index (χ0n) is 14.2. The van der Waals surface area contributed by atoms with Gasteiger partial charge < -0.3 is 15.0 Å². The van der Waals surface area contributed by atoms with Crippen molar-refractivity contribution in [3.05, 3.63) is 48.5 Å². The number of hydrogen-bond acceptors (Lipinski definition) is 3. The van der Waals surface area contributed by atoms with Crippen LogP contribution in [0.25, 0.3) is 11.1 Å². The molecule has 0 radical (unpaired) electrons. The van der Waals surface area contributed by atoms with Crippen LogP contribution in [0.15, 0.2) is 48.5 Å². The molecule has 0 bridgehead atoms. The van der Waals surface area contributed by atoms with Crippen molar-refractivity contribution in [2.24, 2.45) is 5.92 Å². The van der Waals surface area contributed by atoms with Gasteiger partial charge in [0.2, 0.25) is 0 Å². The number of hydrogen-bond donors (Lipinski definition) is 1. The van der Waals surface area contributed by atoms with Crippen LogP contribution in [0.4, 0.5) is 10.5 Å². The highest BCUT2D eigenvalue weighted by atomic mass is 16.5. The number of rotatable bonds is 3. The van der Waals surface area contributed by atoms with E-state index < -0.39 is 0 Å². The molecule has 1 saturated heterocycles. The van der Waals surface area contributed by atoms with Crippen molar-refractivity contribution in [3.63, 3.8) is 0 Å². The number of benzene rings is 2. The average Bonchev–Trinajstić information content (AvgIpc) is 2.68. The number of para-hydroxylation sites is 1. The summed E-state index contributed by atoms with van der Waals surface area (Å²) in [5.41, 5.74) is 2.75. The second-order valence-corrected chi connectivity index (χ2v) is 6.09. The van der Waals surface area contributed by atoms with E-state index in [2.05, 4.69) is 11.4 Å². The van der Waals surface area contributed by atoms with E-state index in [1.165, 1.54) is 0 Å². The summed E-state index contributed by atoms with van der Waals surface area (Å²) < 4.78 is 5.20. The largest absolute Gasteiger partial charge is 0.497 e. The van der Waals surface area contributed by atoms with Crippen molar-refractivity contribution in [2.45, 2.75) is 12.8 Å². The van der Waals surface area contributed by atoms with E-state index in [-0.39, 0.29) is 11.9 Å². The Labute approximate surface area is 147 Å². The molecule has 1 fully saturated rings. The van der Waals surface area contributed by atoms with E-state index in [9.17, 15) is 4.79 Å².